The average Bonchev–Trinajstić information content (AvgIpc) is 2.73. The van der Waals surface area contributed by atoms with Crippen molar-refractivity contribution < 1.29 is 18.0 Å². The maximum atomic E-state index is 13.2. The van der Waals surface area contributed by atoms with Crippen LogP contribution in [0, 0.1) is 0 Å². The third-order valence-electron chi connectivity index (χ3n) is 4.27. The van der Waals surface area contributed by atoms with Gasteiger partial charge in [-0.25, -0.2) is 0 Å². The summed E-state index contributed by atoms with van der Waals surface area (Å²) >= 11 is 0. The van der Waals surface area contributed by atoms with Crippen molar-refractivity contribution in [2.45, 2.75) is 38.0 Å². The van der Waals surface area contributed by atoms with E-state index in [1.807, 2.05) is 6.92 Å². The van der Waals surface area contributed by atoms with E-state index < -0.39 is 17.6 Å². The number of benzene rings is 1. The van der Waals surface area contributed by atoms with Crippen LogP contribution in [-0.2, 0) is 6.18 Å². The fourth-order valence-electron chi connectivity index (χ4n) is 3.46. The van der Waals surface area contributed by atoms with Crippen LogP contribution in [0.15, 0.2) is 18.2 Å². The normalized spacial score (nSPS) is 23.8. The molecule has 0 spiro atoms. The van der Waals surface area contributed by atoms with Crippen LogP contribution in [0.4, 0.5) is 13.2 Å². The van der Waals surface area contributed by atoms with E-state index in [1.165, 1.54) is 6.07 Å². The molecule has 1 aromatic carbocycles. The van der Waals surface area contributed by atoms with Gasteiger partial charge in [0.1, 0.15) is 0 Å². The van der Waals surface area contributed by atoms with Crippen molar-refractivity contribution >= 4 is 18.3 Å². The molecule has 0 radical (unpaired) electrons. The lowest BCUT2D eigenvalue weighted by Crippen LogP contribution is -2.51. The summed E-state index contributed by atoms with van der Waals surface area (Å²) < 4.78 is 39.5. The monoisotopic (exact) mass is 334 g/mol. The van der Waals surface area contributed by atoms with E-state index in [9.17, 15) is 18.0 Å². The van der Waals surface area contributed by atoms with E-state index >= 15 is 0 Å². The molecule has 2 aliphatic heterocycles. The molecule has 7 heteroatoms. The molecule has 0 aromatic heterocycles. The average molecular weight is 335 g/mol. The van der Waals surface area contributed by atoms with Crippen molar-refractivity contribution in [1.82, 2.24) is 10.2 Å². The summed E-state index contributed by atoms with van der Waals surface area (Å²) in [5, 5.41) is 3.34. The number of halogens is 4. The van der Waals surface area contributed by atoms with Crippen molar-refractivity contribution in [2.75, 3.05) is 13.1 Å². The topological polar surface area (TPSA) is 32.3 Å². The molecule has 3 nitrogen and oxygen atoms in total. The van der Waals surface area contributed by atoms with Crippen molar-refractivity contribution in [1.29, 1.82) is 0 Å². The number of nitrogens with one attached hydrogen (secondary N) is 1. The number of carbonyl (C=O) groups is 1. The highest BCUT2D eigenvalue weighted by atomic mass is 35.5. The molecule has 0 saturated carbocycles. The molecule has 1 saturated heterocycles. The molecule has 0 aliphatic carbocycles. The first-order valence-electron chi connectivity index (χ1n) is 7.19. The molecule has 0 bridgehead atoms. The summed E-state index contributed by atoms with van der Waals surface area (Å²) in [6.07, 6.45) is -2.74. The Bertz CT molecular complexity index is 574. The Morgan fingerprint density at radius 1 is 1.36 bits per heavy atom. The van der Waals surface area contributed by atoms with Crippen LogP contribution < -0.4 is 5.32 Å². The highest BCUT2D eigenvalue weighted by molar-refractivity contribution is 6.01. The van der Waals surface area contributed by atoms with Crippen LogP contribution in [-0.4, -0.2) is 29.9 Å². The molecule has 1 aromatic rings. The Labute approximate surface area is 133 Å². The Morgan fingerprint density at radius 3 is 2.73 bits per heavy atom. The fraction of sp³-hybridized carbons (Fsp3) is 0.533. The predicted octanol–water partition coefficient (Wildman–Crippen LogP) is 3.40. The second-order valence-electron chi connectivity index (χ2n) is 5.56. The van der Waals surface area contributed by atoms with Crippen LogP contribution >= 0.6 is 12.4 Å². The maximum absolute atomic E-state index is 13.2. The maximum Gasteiger partial charge on any atom is 0.417 e. The van der Waals surface area contributed by atoms with E-state index in [-0.39, 0.29) is 30.1 Å². The second kappa shape index (κ2) is 6.08. The van der Waals surface area contributed by atoms with Crippen LogP contribution in [0.3, 0.4) is 0 Å². The molecule has 3 rings (SSSR count). The molecule has 2 aliphatic rings. The van der Waals surface area contributed by atoms with Gasteiger partial charge in [-0.15, -0.1) is 12.4 Å². The van der Waals surface area contributed by atoms with Crippen molar-refractivity contribution in [3.63, 3.8) is 0 Å². The van der Waals surface area contributed by atoms with Gasteiger partial charge < -0.3 is 10.2 Å². The summed E-state index contributed by atoms with van der Waals surface area (Å²) in [7, 11) is 0. The molecule has 122 valence electrons. The number of hydrogen-bond acceptors (Lipinski definition) is 2. The van der Waals surface area contributed by atoms with Gasteiger partial charge in [0.2, 0.25) is 0 Å². The van der Waals surface area contributed by atoms with Gasteiger partial charge in [-0.1, -0.05) is 25.5 Å². The third kappa shape index (κ3) is 2.58. The Morgan fingerprint density at radius 2 is 2.09 bits per heavy atom. The van der Waals surface area contributed by atoms with Gasteiger partial charge >= 0.3 is 6.18 Å². The number of alkyl halides is 3. The lowest BCUT2D eigenvalue weighted by molar-refractivity contribution is -0.137. The zero-order chi connectivity index (χ0) is 15.2. The molecule has 2 atom stereocenters. The zero-order valence-corrected chi connectivity index (χ0v) is 12.9. The minimum Gasteiger partial charge on any atom is -0.329 e. The first-order chi connectivity index (χ1) is 9.95. The van der Waals surface area contributed by atoms with Gasteiger partial charge in [0, 0.05) is 19.1 Å². The van der Waals surface area contributed by atoms with Gasteiger partial charge in [-0.05, 0) is 18.1 Å². The van der Waals surface area contributed by atoms with Crippen molar-refractivity contribution in [3.8, 4) is 0 Å². The van der Waals surface area contributed by atoms with E-state index in [0.717, 1.165) is 18.9 Å². The lowest BCUT2D eigenvalue weighted by Gasteiger charge is -2.38. The number of fused-ring (bicyclic) bond motifs is 3. The van der Waals surface area contributed by atoms with Crippen LogP contribution in [0.2, 0.25) is 0 Å². The van der Waals surface area contributed by atoms with Gasteiger partial charge in [-0.2, -0.15) is 13.2 Å². The van der Waals surface area contributed by atoms with E-state index in [1.54, 1.807) is 11.0 Å². The molecule has 1 N–H and O–H groups in total. The van der Waals surface area contributed by atoms with E-state index in [0.29, 0.717) is 18.7 Å². The largest absolute Gasteiger partial charge is 0.417 e. The van der Waals surface area contributed by atoms with Gasteiger partial charge in [0.05, 0.1) is 17.2 Å². The fourth-order valence-corrected chi connectivity index (χ4v) is 3.46. The number of rotatable bonds is 2. The van der Waals surface area contributed by atoms with E-state index in [4.69, 9.17) is 0 Å². The summed E-state index contributed by atoms with van der Waals surface area (Å²) in [5.74, 6) is -0.481. The molecule has 2 heterocycles. The van der Waals surface area contributed by atoms with Crippen molar-refractivity contribution in [2.24, 2.45) is 0 Å². The van der Waals surface area contributed by atoms with Crippen molar-refractivity contribution in [3.05, 3.63) is 34.9 Å². The SMILES string of the molecule is CCC[C@@H]1NCCN2C(=O)c3c(cccc3C(F)(F)F)[C@H]12.Cl. The Hall–Kier alpha value is -1.27. The van der Waals surface area contributed by atoms with Crippen LogP contribution in [0.1, 0.15) is 47.3 Å². The van der Waals surface area contributed by atoms with Gasteiger partial charge in [-0.3, -0.25) is 4.79 Å². The molecule has 1 amide bonds. The predicted molar refractivity (Wildman–Crippen MR) is 79.2 cm³/mol. The van der Waals surface area contributed by atoms with E-state index in [2.05, 4.69) is 5.32 Å². The first-order valence-corrected chi connectivity index (χ1v) is 7.19. The Balaban J connectivity index is 0.00000176. The van der Waals surface area contributed by atoms with Gasteiger partial charge in [0.25, 0.3) is 5.91 Å². The molecular weight excluding hydrogens is 317 g/mol. The number of amides is 1. The quantitative estimate of drug-likeness (QED) is 0.899. The second-order valence-corrected chi connectivity index (χ2v) is 5.56. The minimum atomic E-state index is -4.50. The van der Waals surface area contributed by atoms with Gasteiger partial charge in [0.15, 0.2) is 0 Å². The number of nitrogens with zero attached hydrogens (tertiary/aromatic N) is 1. The molecule has 1 fully saturated rings. The van der Waals surface area contributed by atoms with Crippen LogP contribution in [0.25, 0.3) is 0 Å². The minimum absolute atomic E-state index is 0. The molecule has 0 unspecified atom stereocenters. The molecular formula is C15H18ClF3N2O. The summed E-state index contributed by atoms with van der Waals surface area (Å²) in [4.78, 5) is 14.0. The smallest absolute Gasteiger partial charge is 0.329 e. The zero-order valence-electron chi connectivity index (χ0n) is 12.1. The first kappa shape index (κ1) is 17.1. The number of hydrogen-bond donors (Lipinski definition) is 1. The van der Waals surface area contributed by atoms with Crippen LogP contribution in [0.5, 0.6) is 0 Å². The summed E-state index contributed by atoms with van der Waals surface area (Å²) in [6, 6.07) is 3.80. The lowest BCUT2D eigenvalue weighted by atomic mass is 9.92. The summed E-state index contributed by atoms with van der Waals surface area (Å²) in [5.41, 5.74) is -0.449. The number of piperazine rings is 1. The molecule has 22 heavy (non-hydrogen) atoms. The standard InChI is InChI=1S/C15H17F3N2O.ClH/c1-2-4-11-13-9-5-3-6-10(15(16,17)18)12(9)14(21)20(13)8-7-19-11;/h3,5-6,11,13,19H,2,4,7-8H2,1H3;1H/t11-,13+;/m0./s1. The Kier molecular flexibility index (Phi) is 4.73. The highest BCUT2D eigenvalue weighted by Gasteiger charge is 2.47. The summed E-state index contributed by atoms with van der Waals surface area (Å²) in [6.45, 7) is 3.11. The third-order valence-corrected chi connectivity index (χ3v) is 4.27. The highest BCUT2D eigenvalue weighted by Crippen LogP contribution is 2.43. The number of carbonyl (C=O) groups excluding carboxylic acids is 1.